The van der Waals surface area contributed by atoms with Gasteiger partial charge in [-0.15, -0.1) is 0 Å². The van der Waals surface area contributed by atoms with Crippen molar-refractivity contribution in [1.29, 1.82) is 0 Å². The van der Waals surface area contributed by atoms with Crippen LogP contribution in [0.5, 0.6) is 23.0 Å². The lowest BCUT2D eigenvalue weighted by Crippen LogP contribution is -2.14. The molecule has 0 fully saturated rings. The van der Waals surface area contributed by atoms with E-state index in [1.807, 2.05) is 0 Å². The van der Waals surface area contributed by atoms with E-state index in [1.165, 1.54) is 12.1 Å². The molecule has 0 radical (unpaired) electrons. The van der Waals surface area contributed by atoms with E-state index in [0.29, 0.717) is 18.6 Å². The number of carbonyl (C=O) groups is 1. The Morgan fingerprint density at radius 3 is 2.74 bits per heavy atom. The molecular formula is C18H15F3N2O4. The summed E-state index contributed by atoms with van der Waals surface area (Å²) >= 11 is 0. The minimum Gasteiger partial charge on any atom is -0.502 e. The zero-order valence-corrected chi connectivity index (χ0v) is 13.9. The molecule has 9 heteroatoms. The molecule has 0 saturated carbocycles. The highest BCUT2D eigenvalue weighted by Crippen LogP contribution is 2.46. The van der Waals surface area contributed by atoms with Crippen molar-refractivity contribution in [2.24, 2.45) is 5.73 Å². The summed E-state index contributed by atoms with van der Waals surface area (Å²) in [6, 6.07) is 5.00. The van der Waals surface area contributed by atoms with Crippen LogP contribution in [0.2, 0.25) is 0 Å². The Morgan fingerprint density at radius 1 is 1.33 bits per heavy atom. The third-order valence-corrected chi connectivity index (χ3v) is 3.95. The number of phenolic OH excluding ortho intramolecular Hbond substituents is 1. The van der Waals surface area contributed by atoms with E-state index >= 15 is 0 Å². The van der Waals surface area contributed by atoms with Crippen LogP contribution in [0.4, 0.5) is 13.2 Å². The lowest BCUT2D eigenvalue weighted by Gasteiger charge is -2.25. The normalized spacial score (nSPS) is 16.6. The van der Waals surface area contributed by atoms with E-state index in [9.17, 15) is 23.1 Å². The predicted molar refractivity (Wildman–Crippen MR) is 88.6 cm³/mol. The number of aromatic hydroxyl groups is 1. The maximum atomic E-state index is 12.6. The Morgan fingerprint density at radius 2 is 2.11 bits per heavy atom. The number of pyridine rings is 1. The van der Waals surface area contributed by atoms with Gasteiger partial charge in [0.05, 0.1) is 12.8 Å². The van der Waals surface area contributed by atoms with Gasteiger partial charge in [0.25, 0.3) is 0 Å². The maximum absolute atomic E-state index is 12.6. The predicted octanol–water partition coefficient (Wildman–Crippen LogP) is 3.51. The molecule has 1 aliphatic heterocycles. The molecular weight excluding hydrogens is 365 g/mol. The summed E-state index contributed by atoms with van der Waals surface area (Å²) in [6.07, 6.45) is -0.160. The van der Waals surface area contributed by atoms with Gasteiger partial charge in [0.2, 0.25) is 11.7 Å². The first-order chi connectivity index (χ1) is 12.8. The van der Waals surface area contributed by atoms with Crippen molar-refractivity contribution in [3.05, 3.63) is 53.9 Å². The zero-order valence-electron chi connectivity index (χ0n) is 13.9. The van der Waals surface area contributed by atoms with Crippen molar-refractivity contribution in [3.8, 4) is 23.0 Å². The number of halogens is 3. The average molecular weight is 380 g/mol. The minimum absolute atomic E-state index is 0.00911. The summed E-state index contributed by atoms with van der Waals surface area (Å²) in [7, 11) is 0. The van der Waals surface area contributed by atoms with E-state index in [1.54, 1.807) is 12.1 Å². The highest BCUT2D eigenvalue weighted by Gasteiger charge is 2.32. The number of primary amides is 1. The molecule has 3 rings (SSSR count). The van der Waals surface area contributed by atoms with Gasteiger partial charge in [-0.1, -0.05) is 12.1 Å². The minimum atomic E-state index is -4.55. The highest BCUT2D eigenvalue weighted by atomic mass is 19.4. The molecule has 1 aliphatic rings. The topological polar surface area (TPSA) is 94.7 Å². The SMILES string of the molecule is NC(=O)C=CC1CCOc2c1ccc(Oc1ccc(C(F)(F)F)nc1)c2O. The van der Waals surface area contributed by atoms with Crippen molar-refractivity contribution in [2.75, 3.05) is 6.61 Å². The van der Waals surface area contributed by atoms with E-state index in [4.69, 9.17) is 15.2 Å². The molecule has 2 heterocycles. The van der Waals surface area contributed by atoms with Gasteiger partial charge in [0.15, 0.2) is 11.5 Å². The molecule has 1 unspecified atom stereocenters. The maximum Gasteiger partial charge on any atom is 0.433 e. The number of phenols is 1. The molecule has 0 bridgehead atoms. The molecule has 1 amide bonds. The van der Waals surface area contributed by atoms with E-state index in [-0.39, 0.29) is 28.9 Å². The first-order valence-electron chi connectivity index (χ1n) is 7.93. The van der Waals surface area contributed by atoms with Crippen LogP contribution in [0.1, 0.15) is 23.6 Å². The average Bonchev–Trinajstić information content (AvgIpc) is 2.62. The quantitative estimate of drug-likeness (QED) is 0.792. The molecule has 3 N–H and O–H groups in total. The summed E-state index contributed by atoms with van der Waals surface area (Å²) in [5, 5.41) is 10.4. The number of nitrogens with zero attached hydrogens (tertiary/aromatic N) is 1. The van der Waals surface area contributed by atoms with Crippen molar-refractivity contribution in [2.45, 2.75) is 18.5 Å². The van der Waals surface area contributed by atoms with Gasteiger partial charge < -0.3 is 20.3 Å². The molecule has 142 valence electrons. The number of benzene rings is 1. The monoisotopic (exact) mass is 380 g/mol. The Labute approximate surface area is 152 Å². The number of hydrogen-bond donors (Lipinski definition) is 2. The van der Waals surface area contributed by atoms with Crippen molar-refractivity contribution < 1.29 is 32.5 Å². The third kappa shape index (κ3) is 4.13. The first-order valence-corrected chi connectivity index (χ1v) is 7.93. The summed E-state index contributed by atoms with van der Waals surface area (Å²) in [5.41, 5.74) is 4.71. The summed E-state index contributed by atoms with van der Waals surface area (Å²) < 4.78 is 48.6. The lowest BCUT2D eigenvalue weighted by atomic mass is 9.92. The molecule has 1 aromatic heterocycles. The van der Waals surface area contributed by atoms with Crippen molar-refractivity contribution in [1.82, 2.24) is 4.98 Å². The van der Waals surface area contributed by atoms with Crippen LogP contribution in [-0.4, -0.2) is 22.6 Å². The molecule has 0 saturated heterocycles. The smallest absolute Gasteiger partial charge is 0.433 e. The number of rotatable bonds is 4. The number of allylic oxidation sites excluding steroid dienone is 1. The van der Waals surface area contributed by atoms with Crippen LogP contribution in [0.15, 0.2) is 42.6 Å². The number of fused-ring (bicyclic) bond motifs is 1. The van der Waals surface area contributed by atoms with Gasteiger partial charge >= 0.3 is 6.18 Å². The second-order valence-electron chi connectivity index (χ2n) is 5.81. The van der Waals surface area contributed by atoms with Gasteiger partial charge in [0, 0.05) is 11.5 Å². The number of ether oxygens (including phenoxy) is 2. The molecule has 0 aliphatic carbocycles. The fraction of sp³-hybridized carbons (Fsp3) is 0.222. The summed E-state index contributed by atoms with van der Waals surface area (Å²) in [5.74, 6) is -0.813. The van der Waals surface area contributed by atoms with E-state index < -0.39 is 17.8 Å². The molecule has 6 nitrogen and oxygen atoms in total. The molecule has 0 spiro atoms. The van der Waals surface area contributed by atoms with E-state index in [2.05, 4.69) is 4.98 Å². The Balaban J connectivity index is 1.85. The number of carbonyl (C=O) groups excluding carboxylic acids is 1. The van der Waals surface area contributed by atoms with Gasteiger partial charge in [0.1, 0.15) is 11.4 Å². The molecule has 27 heavy (non-hydrogen) atoms. The fourth-order valence-electron chi connectivity index (χ4n) is 2.68. The van der Waals surface area contributed by atoms with Gasteiger partial charge in [-0.05, 0) is 30.7 Å². The van der Waals surface area contributed by atoms with Gasteiger partial charge in [-0.2, -0.15) is 13.2 Å². The Kier molecular flexibility index (Phi) is 4.93. The van der Waals surface area contributed by atoms with Crippen LogP contribution in [0.3, 0.4) is 0 Å². The molecule has 2 aromatic rings. The largest absolute Gasteiger partial charge is 0.502 e. The number of amides is 1. The lowest BCUT2D eigenvalue weighted by molar-refractivity contribution is -0.141. The zero-order chi connectivity index (χ0) is 19.6. The Bertz CT molecular complexity index is 879. The van der Waals surface area contributed by atoms with Crippen LogP contribution >= 0.6 is 0 Å². The van der Waals surface area contributed by atoms with Gasteiger partial charge in [-0.3, -0.25) is 4.79 Å². The molecule has 1 aromatic carbocycles. The summed E-state index contributed by atoms with van der Waals surface area (Å²) in [6.45, 7) is 0.305. The number of aromatic nitrogens is 1. The number of nitrogens with two attached hydrogens (primary N) is 1. The second kappa shape index (κ2) is 7.18. The number of alkyl halides is 3. The van der Waals surface area contributed by atoms with Crippen LogP contribution in [-0.2, 0) is 11.0 Å². The Hall–Kier alpha value is -3.23. The number of hydrogen-bond acceptors (Lipinski definition) is 5. The fourth-order valence-corrected chi connectivity index (χ4v) is 2.68. The van der Waals surface area contributed by atoms with Crippen molar-refractivity contribution in [3.63, 3.8) is 0 Å². The van der Waals surface area contributed by atoms with Gasteiger partial charge in [-0.25, -0.2) is 4.98 Å². The molecule has 1 atom stereocenters. The van der Waals surface area contributed by atoms with E-state index in [0.717, 1.165) is 18.3 Å². The second-order valence-corrected chi connectivity index (χ2v) is 5.81. The van der Waals surface area contributed by atoms with Crippen molar-refractivity contribution >= 4 is 5.91 Å². The van der Waals surface area contributed by atoms with Crippen LogP contribution < -0.4 is 15.2 Å². The highest BCUT2D eigenvalue weighted by molar-refractivity contribution is 5.85. The standard InChI is InChI=1S/C18H15F3N2O4/c19-18(20,21)14-5-2-11(9-23-14)27-13-4-3-12-10(1-6-15(22)24)7-8-26-17(12)16(13)25/h1-6,9-10,25H,7-8H2,(H2,22,24). The van der Waals surface area contributed by atoms with Crippen LogP contribution in [0, 0.1) is 0 Å². The summed E-state index contributed by atoms with van der Waals surface area (Å²) in [4.78, 5) is 14.2. The third-order valence-electron chi connectivity index (χ3n) is 3.95. The van der Waals surface area contributed by atoms with Crippen LogP contribution in [0.25, 0.3) is 0 Å². The first kappa shape index (κ1) is 18.6.